The van der Waals surface area contributed by atoms with Gasteiger partial charge in [0.1, 0.15) is 5.82 Å². The van der Waals surface area contributed by atoms with Crippen LogP contribution in [0.25, 0.3) is 44.5 Å². The highest BCUT2D eigenvalue weighted by Crippen LogP contribution is 2.45. The lowest BCUT2D eigenvalue weighted by atomic mass is 10.0. The summed E-state index contributed by atoms with van der Waals surface area (Å²) in [6, 6.07) is 19.7. The molecule has 0 radical (unpaired) electrons. The summed E-state index contributed by atoms with van der Waals surface area (Å²) in [5.74, 6) is 1.54. The number of carbonyl (C=O) groups is 1. The van der Waals surface area contributed by atoms with E-state index < -0.39 is 16.1 Å². The molecule has 5 heterocycles. The smallest absolute Gasteiger partial charge is 0.407 e. The van der Waals surface area contributed by atoms with Gasteiger partial charge in [-0.1, -0.05) is 48.5 Å². The highest BCUT2D eigenvalue weighted by Gasteiger charge is 2.31. The second-order valence-electron chi connectivity index (χ2n) is 11.6. The molecule has 1 saturated carbocycles. The molecule has 1 N–H and O–H groups in total. The number of aromatic nitrogens is 5. The van der Waals surface area contributed by atoms with Gasteiger partial charge in [-0.15, -0.1) is 0 Å². The van der Waals surface area contributed by atoms with Crippen LogP contribution in [0, 0.1) is 0 Å². The number of carboxylic acid groups (broad SMARTS) is 1. The molecule has 1 aliphatic carbocycles. The molecule has 2 aromatic carbocycles. The lowest BCUT2D eigenvalue weighted by Gasteiger charge is -2.34. The maximum atomic E-state index is 14.0. The predicted octanol–water partition coefficient (Wildman–Crippen LogP) is 5.62. The van der Waals surface area contributed by atoms with Crippen molar-refractivity contribution in [2.75, 3.05) is 31.1 Å². The molecule has 12 heteroatoms. The van der Waals surface area contributed by atoms with Gasteiger partial charge in [0, 0.05) is 66.7 Å². The monoisotopic (exact) mass is 631 g/mol. The molecule has 1 aliphatic heterocycles. The maximum Gasteiger partial charge on any atom is 0.407 e. The molecule has 11 nitrogen and oxygen atoms in total. The number of amides is 1. The van der Waals surface area contributed by atoms with Crippen LogP contribution in [0.4, 0.5) is 10.6 Å². The summed E-state index contributed by atoms with van der Waals surface area (Å²) in [6.07, 6.45) is 8.06. The van der Waals surface area contributed by atoms with E-state index in [1.165, 1.54) is 8.87 Å². The molecule has 1 amide bonds. The van der Waals surface area contributed by atoms with Gasteiger partial charge in [0.2, 0.25) is 0 Å². The number of piperazine rings is 1. The summed E-state index contributed by atoms with van der Waals surface area (Å²) in [5.41, 5.74) is 4.20. The van der Waals surface area contributed by atoms with Gasteiger partial charge in [-0.05, 0) is 48.1 Å². The van der Waals surface area contributed by atoms with E-state index in [2.05, 4.69) is 14.9 Å². The number of anilines is 1. The van der Waals surface area contributed by atoms with Crippen molar-refractivity contribution in [2.24, 2.45) is 0 Å². The molecule has 4 aromatic heterocycles. The fraction of sp³-hybridized carbons (Fsp3) is 0.206. The first-order valence-corrected chi connectivity index (χ1v) is 16.6. The molecule has 46 heavy (non-hydrogen) atoms. The number of hydrogen-bond acceptors (Lipinski definition) is 8. The van der Waals surface area contributed by atoms with Gasteiger partial charge in [-0.3, -0.25) is 4.98 Å². The topological polar surface area (TPSA) is 134 Å². The third-order valence-corrected chi connectivity index (χ3v) is 10.4. The van der Waals surface area contributed by atoms with Gasteiger partial charge >= 0.3 is 6.09 Å². The van der Waals surface area contributed by atoms with Crippen LogP contribution in [-0.4, -0.2) is 74.6 Å². The molecule has 0 unspecified atom stereocenters. The van der Waals surface area contributed by atoms with Crippen molar-refractivity contribution in [1.82, 2.24) is 28.8 Å². The average Bonchev–Trinajstić information content (AvgIpc) is 3.87. The Hall–Kier alpha value is -5.36. The standard InChI is InChI=1S/C34H29N7O4S/c42-34(43)40-17-15-39(16-18-40)33-30-26(23-11-12-23)19-35-20-28(30)37-31(38-33)25-13-14-36-32-29(25)27(22-7-3-1-4-8-22)21-41(32)46(44,45)24-9-5-2-6-10-24/h1-10,13-14,19-21,23H,11-12,15-18H2,(H,42,43). The van der Waals surface area contributed by atoms with Crippen LogP contribution in [0.15, 0.2) is 96.4 Å². The van der Waals surface area contributed by atoms with E-state index in [1.54, 1.807) is 48.9 Å². The van der Waals surface area contributed by atoms with E-state index in [4.69, 9.17) is 9.97 Å². The second kappa shape index (κ2) is 10.9. The van der Waals surface area contributed by atoms with Gasteiger partial charge in [-0.2, -0.15) is 0 Å². The highest BCUT2D eigenvalue weighted by atomic mass is 32.2. The minimum absolute atomic E-state index is 0.155. The summed E-state index contributed by atoms with van der Waals surface area (Å²) in [5, 5.41) is 11.1. The Morgan fingerprint density at radius 3 is 2.24 bits per heavy atom. The van der Waals surface area contributed by atoms with Crippen LogP contribution in [0.3, 0.4) is 0 Å². The third kappa shape index (κ3) is 4.72. The number of hydrogen-bond donors (Lipinski definition) is 1. The normalized spacial score (nSPS) is 15.5. The summed E-state index contributed by atoms with van der Waals surface area (Å²) in [4.78, 5) is 34.7. The molecular formula is C34H29N7O4S. The number of benzene rings is 2. The molecule has 0 bridgehead atoms. The van der Waals surface area contributed by atoms with Crippen LogP contribution in [0.1, 0.15) is 24.3 Å². The van der Waals surface area contributed by atoms with Crippen molar-refractivity contribution in [1.29, 1.82) is 0 Å². The van der Waals surface area contributed by atoms with Crippen molar-refractivity contribution in [3.63, 3.8) is 0 Å². The van der Waals surface area contributed by atoms with Gasteiger partial charge in [0.25, 0.3) is 10.0 Å². The van der Waals surface area contributed by atoms with Crippen molar-refractivity contribution in [2.45, 2.75) is 23.7 Å². The summed E-state index contributed by atoms with van der Waals surface area (Å²) in [7, 11) is -3.99. The third-order valence-electron chi connectivity index (χ3n) is 8.77. The van der Waals surface area contributed by atoms with Crippen LogP contribution in [-0.2, 0) is 10.0 Å². The molecule has 6 aromatic rings. The Balaban J connectivity index is 1.37. The number of pyridine rings is 2. The number of nitrogens with zero attached hydrogens (tertiary/aromatic N) is 7. The molecule has 2 fully saturated rings. The summed E-state index contributed by atoms with van der Waals surface area (Å²) in [6.45, 7) is 1.68. The van der Waals surface area contributed by atoms with Crippen LogP contribution in [0.5, 0.6) is 0 Å². The lowest BCUT2D eigenvalue weighted by Crippen LogP contribution is -2.48. The minimum atomic E-state index is -3.99. The summed E-state index contributed by atoms with van der Waals surface area (Å²) >= 11 is 0. The first-order valence-electron chi connectivity index (χ1n) is 15.1. The fourth-order valence-corrected chi connectivity index (χ4v) is 7.63. The molecule has 8 rings (SSSR count). The maximum absolute atomic E-state index is 14.0. The Labute approximate surface area is 264 Å². The second-order valence-corrected chi connectivity index (χ2v) is 13.4. The Morgan fingerprint density at radius 2 is 1.54 bits per heavy atom. The Bertz CT molecular complexity index is 2230. The van der Waals surface area contributed by atoms with Crippen LogP contribution in [0.2, 0.25) is 0 Å². The first-order chi connectivity index (χ1) is 22.4. The summed E-state index contributed by atoms with van der Waals surface area (Å²) < 4.78 is 29.2. The van der Waals surface area contributed by atoms with E-state index in [9.17, 15) is 18.3 Å². The molecule has 230 valence electrons. The molecule has 0 atom stereocenters. The van der Waals surface area contributed by atoms with Gasteiger partial charge in [0.15, 0.2) is 11.5 Å². The van der Waals surface area contributed by atoms with Gasteiger partial charge < -0.3 is 14.9 Å². The zero-order valence-electron chi connectivity index (χ0n) is 24.7. The SMILES string of the molecule is O=C(O)N1CCN(c2nc(-c3ccnc4c3c(-c3ccccc3)cn4S(=O)(=O)c3ccccc3)nc3cncc(C4CC4)c23)CC1. The van der Waals surface area contributed by atoms with Crippen molar-refractivity contribution < 1.29 is 18.3 Å². The zero-order valence-corrected chi connectivity index (χ0v) is 25.5. The number of rotatable bonds is 6. The Morgan fingerprint density at radius 1 is 0.826 bits per heavy atom. The highest BCUT2D eigenvalue weighted by molar-refractivity contribution is 7.90. The van der Waals surface area contributed by atoms with Crippen molar-refractivity contribution >= 4 is 43.9 Å². The average molecular weight is 632 g/mol. The van der Waals surface area contributed by atoms with Gasteiger partial charge in [0.05, 0.1) is 16.6 Å². The quantitative estimate of drug-likeness (QED) is 0.248. The lowest BCUT2D eigenvalue weighted by molar-refractivity contribution is 0.142. The largest absolute Gasteiger partial charge is 0.465 e. The molecule has 2 aliphatic rings. The van der Waals surface area contributed by atoms with E-state index in [-0.39, 0.29) is 10.5 Å². The van der Waals surface area contributed by atoms with Crippen molar-refractivity contribution in [3.05, 3.63) is 97.1 Å². The fourth-order valence-electron chi connectivity index (χ4n) is 6.29. The molecule has 1 saturated heterocycles. The van der Waals surface area contributed by atoms with Gasteiger partial charge in [-0.25, -0.2) is 32.1 Å². The zero-order chi connectivity index (χ0) is 31.4. The number of fused-ring (bicyclic) bond motifs is 2. The Kier molecular flexibility index (Phi) is 6.68. The van der Waals surface area contributed by atoms with Crippen molar-refractivity contribution in [3.8, 4) is 22.5 Å². The molecular weight excluding hydrogens is 602 g/mol. The van der Waals surface area contributed by atoms with E-state index in [0.717, 1.165) is 35.2 Å². The molecule has 0 spiro atoms. The van der Waals surface area contributed by atoms with E-state index in [0.29, 0.717) is 60.0 Å². The van der Waals surface area contributed by atoms with E-state index >= 15 is 0 Å². The van der Waals surface area contributed by atoms with Crippen LogP contribution >= 0.6 is 0 Å². The predicted molar refractivity (Wildman–Crippen MR) is 174 cm³/mol. The first kappa shape index (κ1) is 28.1. The van der Waals surface area contributed by atoms with Crippen LogP contribution < -0.4 is 4.90 Å². The van der Waals surface area contributed by atoms with E-state index in [1.807, 2.05) is 42.6 Å². The minimum Gasteiger partial charge on any atom is -0.465 e.